The van der Waals surface area contributed by atoms with Crippen molar-refractivity contribution < 1.29 is 4.74 Å². The first-order valence-electron chi connectivity index (χ1n) is 8.80. The van der Waals surface area contributed by atoms with Crippen molar-refractivity contribution in [3.8, 4) is 17.1 Å². The number of anilines is 2. The molecule has 0 amide bonds. The van der Waals surface area contributed by atoms with Crippen molar-refractivity contribution in [1.29, 1.82) is 0 Å². The molecule has 0 fully saturated rings. The average Bonchev–Trinajstić information content (AvgIpc) is 3.18. The van der Waals surface area contributed by atoms with E-state index >= 15 is 0 Å². The molecule has 7 heteroatoms. The molecule has 1 aromatic carbocycles. The first-order valence-corrected chi connectivity index (χ1v) is 8.80. The summed E-state index contributed by atoms with van der Waals surface area (Å²) < 4.78 is 7.80. The third-order valence-corrected chi connectivity index (χ3v) is 3.95. The van der Waals surface area contributed by atoms with Gasteiger partial charge in [-0.2, -0.15) is 0 Å². The molecular formula is C20H22N6O. The first kappa shape index (κ1) is 17.1. The van der Waals surface area contributed by atoms with Gasteiger partial charge in [0.15, 0.2) is 0 Å². The van der Waals surface area contributed by atoms with Gasteiger partial charge in [0, 0.05) is 18.1 Å². The maximum Gasteiger partial charge on any atom is 0.234 e. The van der Waals surface area contributed by atoms with Crippen molar-refractivity contribution in [3.05, 3.63) is 54.6 Å². The topological polar surface area (TPSA) is 80.1 Å². The summed E-state index contributed by atoms with van der Waals surface area (Å²) in [5.41, 5.74) is 3.43. The minimum absolute atomic E-state index is 0.217. The Morgan fingerprint density at radius 3 is 2.63 bits per heavy atom. The number of rotatable bonds is 4. The second-order valence-corrected chi connectivity index (χ2v) is 7.34. The van der Waals surface area contributed by atoms with Crippen molar-refractivity contribution in [1.82, 2.24) is 24.3 Å². The van der Waals surface area contributed by atoms with E-state index in [-0.39, 0.29) is 5.60 Å². The summed E-state index contributed by atoms with van der Waals surface area (Å²) in [7, 11) is 0. The van der Waals surface area contributed by atoms with Crippen LogP contribution in [0.5, 0.6) is 5.75 Å². The number of nitrogens with zero attached hydrogens (tertiary/aromatic N) is 4. The maximum absolute atomic E-state index is 5.85. The molecule has 0 radical (unpaired) electrons. The smallest absolute Gasteiger partial charge is 0.234 e. The molecule has 138 valence electrons. The van der Waals surface area contributed by atoms with Gasteiger partial charge in [-0.25, -0.2) is 15.0 Å². The number of ether oxygens (including phenoxy) is 1. The van der Waals surface area contributed by atoms with Gasteiger partial charge >= 0.3 is 0 Å². The molecule has 0 atom stereocenters. The van der Waals surface area contributed by atoms with Crippen molar-refractivity contribution in [3.63, 3.8) is 0 Å². The van der Waals surface area contributed by atoms with Crippen LogP contribution in [0.1, 0.15) is 26.5 Å². The van der Waals surface area contributed by atoms with Gasteiger partial charge in [0.25, 0.3) is 0 Å². The van der Waals surface area contributed by atoms with Gasteiger partial charge in [-0.3, -0.25) is 4.40 Å². The molecule has 7 nitrogen and oxygen atoms in total. The quantitative estimate of drug-likeness (QED) is 0.564. The van der Waals surface area contributed by atoms with E-state index in [9.17, 15) is 0 Å². The number of aromatic amines is 1. The largest absolute Gasteiger partial charge is 0.488 e. The molecule has 0 saturated heterocycles. The van der Waals surface area contributed by atoms with E-state index in [0.29, 0.717) is 11.7 Å². The molecule has 2 N–H and O–H groups in total. The number of H-pyrrole nitrogens is 1. The maximum atomic E-state index is 5.85. The molecule has 4 rings (SSSR count). The van der Waals surface area contributed by atoms with Crippen molar-refractivity contribution in [2.24, 2.45) is 0 Å². The Kier molecular flexibility index (Phi) is 4.07. The van der Waals surface area contributed by atoms with E-state index in [4.69, 9.17) is 4.74 Å². The SMILES string of the molecule is Cc1nc2ncccn2c1-c1cnc(Nc2ccc(OC(C)(C)C)cc2)[nH]1. The van der Waals surface area contributed by atoms with E-state index in [2.05, 4.69) is 25.3 Å². The van der Waals surface area contributed by atoms with E-state index in [1.165, 1.54) is 0 Å². The van der Waals surface area contributed by atoms with Crippen LogP contribution < -0.4 is 10.1 Å². The summed E-state index contributed by atoms with van der Waals surface area (Å²) in [5.74, 6) is 2.17. The van der Waals surface area contributed by atoms with Crippen LogP contribution in [-0.2, 0) is 0 Å². The summed E-state index contributed by atoms with van der Waals surface area (Å²) in [4.78, 5) is 16.5. The van der Waals surface area contributed by atoms with Crippen LogP contribution in [0.25, 0.3) is 17.2 Å². The Balaban J connectivity index is 1.55. The van der Waals surface area contributed by atoms with Gasteiger partial charge in [-0.1, -0.05) is 0 Å². The van der Waals surface area contributed by atoms with Gasteiger partial charge in [0.1, 0.15) is 11.4 Å². The van der Waals surface area contributed by atoms with Crippen LogP contribution in [-0.4, -0.2) is 29.9 Å². The van der Waals surface area contributed by atoms with Gasteiger partial charge in [0.05, 0.1) is 23.3 Å². The number of imidazole rings is 2. The molecule has 0 saturated carbocycles. The van der Waals surface area contributed by atoms with Crippen LogP contribution in [0.3, 0.4) is 0 Å². The second-order valence-electron chi connectivity index (χ2n) is 7.34. The number of fused-ring (bicyclic) bond motifs is 1. The lowest BCUT2D eigenvalue weighted by Crippen LogP contribution is -2.22. The van der Waals surface area contributed by atoms with Crippen LogP contribution >= 0.6 is 0 Å². The molecule has 0 aliphatic carbocycles. The monoisotopic (exact) mass is 362 g/mol. The summed E-state index contributed by atoms with van der Waals surface area (Å²) in [6.45, 7) is 8.05. The molecule has 0 spiro atoms. The number of aromatic nitrogens is 5. The zero-order valence-corrected chi connectivity index (χ0v) is 15.8. The van der Waals surface area contributed by atoms with Crippen LogP contribution in [0, 0.1) is 6.92 Å². The fourth-order valence-electron chi connectivity index (χ4n) is 2.92. The fourth-order valence-corrected chi connectivity index (χ4v) is 2.92. The molecule has 3 aromatic heterocycles. The zero-order valence-electron chi connectivity index (χ0n) is 15.8. The Hall–Kier alpha value is -3.35. The Morgan fingerprint density at radius 1 is 1.11 bits per heavy atom. The molecule has 27 heavy (non-hydrogen) atoms. The number of benzene rings is 1. The van der Waals surface area contributed by atoms with E-state index in [0.717, 1.165) is 28.5 Å². The van der Waals surface area contributed by atoms with Crippen molar-refractivity contribution in [2.75, 3.05) is 5.32 Å². The van der Waals surface area contributed by atoms with Crippen LogP contribution in [0.4, 0.5) is 11.6 Å². The van der Waals surface area contributed by atoms with Gasteiger partial charge in [0.2, 0.25) is 11.7 Å². The highest BCUT2D eigenvalue weighted by molar-refractivity contribution is 5.65. The molecule has 3 heterocycles. The normalized spacial score (nSPS) is 11.7. The summed E-state index contributed by atoms with van der Waals surface area (Å²) >= 11 is 0. The molecule has 0 aliphatic rings. The van der Waals surface area contributed by atoms with Crippen LogP contribution in [0.2, 0.25) is 0 Å². The lowest BCUT2D eigenvalue weighted by molar-refractivity contribution is 0.131. The van der Waals surface area contributed by atoms with Gasteiger partial charge in [-0.15, -0.1) is 0 Å². The minimum atomic E-state index is -0.217. The predicted molar refractivity (Wildman–Crippen MR) is 105 cm³/mol. The number of hydrogen-bond donors (Lipinski definition) is 2. The van der Waals surface area contributed by atoms with E-state index < -0.39 is 0 Å². The van der Waals surface area contributed by atoms with E-state index in [1.807, 2.05) is 68.6 Å². The summed E-state index contributed by atoms with van der Waals surface area (Å²) in [6.07, 6.45) is 5.47. The minimum Gasteiger partial charge on any atom is -0.488 e. The van der Waals surface area contributed by atoms with Crippen LogP contribution in [0.15, 0.2) is 48.9 Å². The first-order chi connectivity index (χ1) is 12.9. The molecule has 0 aliphatic heterocycles. The summed E-state index contributed by atoms with van der Waals surface area (Å²) in [6, 6.07) is 9.70. The molecule has 0 bridgehead atoms. The van der Waals surface area contributed by atoms with Gasteiger partial charge in [-0.05, 0) is 58.0 Å². The molecular weight excluding hydrogens is 340 g/mol. The van der Waals surface area contributed by atoms with Gasteiger partial charge < -0.3 is 15.0 Å². The number of nitrogens with one attached hydrogen (secondary N) is 2. The third kappa shape index (κ3) is 3.62. The van der Waals surface area contributed by atoms with E-state index in [1.54, 1.807) is 12.4 Å². The average molecular weight is 362 g/mol. The standard InChI is InChI=1S/C20H22N6O/c1-13-17(26-11-5-10-21-19(26)23-13)16-12-22-18(25-16)24-14-6-8-15(9-7-14)27-20(2,3)4/h5-12H,1-4H3,(H2,22,24,25). The van der Waals surface area contributed by atoms with Crippen molar-refractivity contribution in [2.45, 2.75) is 33.3 Å². The number of aryl methyl sites for hydroxylation is 1. The number of hydrogen-bond acceptors (Lipinski definition) is 5. The fraction of sp³-hybridized carbons (Fsp3) is 0.250. The zero-order chi connectivity index (χ0) is 19.0. The highest BCUT2D eigenvalue weighted by Gasteiger charge is 2.14. The predicted octanol–water partition coefficient (Wildman–Crippen LogP) is 4.35. The molecule has 4 aromatic rings. The Labute approximate surface area is 157 Å². The Morgan fingerprint density at radius 2 is 1.89 bits per heavy atom. The second kappa shape index (κ2) is 6.42. The Bertz CT molecular complexity index is 1070. The lowest BCUT2D eigenvalue weighted by atomic mass is 10.2. The summed E-state index contributed by atoms with van der Waals surface area (Å²) in [5, 5.41) is 3.28. The molecule has 0 unspecified atom stereocenters. The highest BCUT2D eigenvalue weighted by Crippen LogP contribution is 2.25. The third-order valence-electron chi connectivity index (χ3n) is 3.95. The highest BCUT2D eigenvalue weighted by atomic mass is 16.5. The van der Waals surface area contributed by atoms with Crippen molar-refractivity contribution >= 4 is 17.4 Å². The lowest BCUT2D eigenvalue weighted by Gasteiger charge is -2.21.